The number of phenolic OH excluding ortho intramolecular Hbond substituents is 4. The Morgan fingerprint density at radius 2 is 0.885 bits per heavy atom. The van der Waals surface area contributed by atoms with Crippen molar-refractivity contribution in [3.63, 3.8) is 0 Å². The molecule has 26 heavy (non-hydrogen) atoms. The first kappa shape index (κ1) is 17.5. The molecule has 0 amide bonds. The van der Waals surface area contributed by atoms with E-state index in [0.29, 0.717) is 22.5 Å². The largest absolute Gasteiger partial charge is 0.507 e. The number of phenols is 4. The van der Waals surface area contributed by atoms with Crippen molar-refractivity contribution in [2.24, 2.45) is 0 Å². The van der Waals surface area contributed by atoms with Gasteiger partial charge in [0.15, 0.2) is 0 Å². The number of rotatable bonds is 3. The smallest absolute Gasteiger partial charge is 0.124 e. The molecular formula is C21H21NO4. The third-order valence-electron chi connectivity index (χ3n) is 4.48. The number of aromatic hydroxyl groups is 4. The maximum atomic E-state index is 10.1. The highest BCUT2D eigenvalue weighted by molar-refractivity contribution is 5.80. The summed E-state index contributed by atoms with van der Waals surface area (Å²) in [4.78, 5) is 1.73. The summed E-state index contributed by atoms with van der Waals surface area (Å²) in [6, 6.07) is 13.8. The van der Waals surface area contributed by atoms with Crippen LogP contribution in [0.5, 0.6) is 23.0 Å². The lowest BCUT2D eigenvalue weighted by Gasteiger charge is -2.27. The second-order valence-corrected chi connectivity index (χ2v) is 6.39. The highest BCUT2D eigenvalue weighted by Crippen LogP contribution is 2.43. The molecule has 134 valence electrons. The van der Waals surface area contributed by atoms with Crippen molar-refractivity contribution in [2.75, 3.05) is 4.90 Å². The third-order valence-corrected chi connectivity index (χ3v) is 4.48. The van der Waals surface area contributed by atoms with Gasteiger partial charge < -0.3 is 25.3 Å². The van der Waals surface area contributed by atoms with E-state index >= 15 is 0 Å². The van der Waals surface area contributed by atoms with Gasteiger partial charge in [0, 0.05) is 41.1 Å². The summed E-state index contributed by atoms with van der Waals surface area (Å²) in [6.07, 6.45) is 0. The van der Waals surface area contributed by atoms with Crippen LogP contribution in [0.15, 0.2) is 48.5 Å². The highest BCUT2D eigenvalue weighted by Gasteiger charge is 2.18. The van der Waals surface area contributed by atoms with E-state index in [9.17, 15) is 20.4 Å². The number of benzene rings is 3. The molecule has 3 aromatic rings. The van der Waals surface area contributed by atoms with Crippen molar-refractivity contribution in [3.8, 4) is 23.0 Å². The molecule has 0 aliphatic heterocycles. The van der Waals surface area contributed by atoms with Gasteiger partial charge in [-0.1, -0.05) is 17.7 Å². The van der Waals surface area contributed by atoms with E-state index in [1.54, 1.807) is 18.7 Å². The lowest BCUT2D eigenvalue weighted by Crippen LogP contribution is -2.10. The Kier molecular flexibility index (Phi) is 4.38. The molecule has 4 N–H and O–H groups in total. The maximum absolute atomic E-state index is 10.1. The molecule has 0 aromatic heterocycles. The Labute approximate surface area is 152 Å². The molecule has 0 aliphatic rings. The molecule has 5 nitrogen and oxygen atoms in total. The van der Waals surface area contributed by atoms with Crippen LogP contribution in [0, 0.1) is 20.8 Å². The molecule has 0 aliphatic carbocycles. The summed E-state index contributed by atoms with van der Waals surface area (Å²) < 4.78 is 0. The van der Waals surface area contributed by atoms with E-state index in [2.05, 4.69) is 0 Å². The van der Waals surface area contributed by atoms with Gasteiger partial charge in [0.1, 0.15) is 23.0 Å². The highest BCUT2D eigenvalue weighted by atomic mass is 16.3. The van der Waals surface area contributed by atoms with E-state index in [4.69, 9.17) is 0 Å². The maximum Gasteiger partial charge on any atom is 0.124 e. The molecule has 0 heterocycles. The molecular weight excluding hydrogens is 330 g/mol. The molecule has 0 atom stereocenters. The third kappa shape index (κ3) is 3.11. The van der Waals surface area contributed by atoms with E-state index in [0.717, 1.165) is 11.3 Å². The topological polar surface area (TPSA) is 84.2 Å². The van der Waals surface area contributed by atoms with Crippen LogP contribution < -0.4 is 4.90 Å². The molecule has 3 aromatic carbocycles. The van der Waals surface area contributed by atoms with Crippen LogP contribution in [0.1, 0.15) is 16.7 Å². The Bertz CT molecular complexity index is 861. The Morgan fingerprint density at radius 1 is 0.538 bits per heavy atom. The minimum Gasteiger partial charge on any atom is -0.507 e. The summed E-state index contributed by atoms with van der Waals surface area (Å²) in [5.41, 5.74) is 3.59. The predicted molar refractivity (Wildman–Crippen MR) is 102 cm³/mol. The van der Waals surface area contributed by atoms with Gasteiger partial charge in [0.25, 0.3) is 0 Å². The summed E-state index contributed by atoms with van der Waals surface area (Å²) >= 11 is 0. The number of hydrogen-bond donors (Lipinski definition) is 4. The second kappa shape index (κ2) is 6.52. The molecule has 0 saturated heterocycles. The SMILES string of the molecule is Cc1ccc(N(c2cc(O)c(C)c(O)c2)c2cc(O)c(C)c(O)c2)cc1. The van der Waals surface area contributed by atoms with E-state index in [1.807, 2.05) is 31.2 Å². The van der Waals surface area contributed by atoms with Gasteiger partial charge in [-0.15, -0.1) is 0 Å². The molecule has 0 unspecified atom stereocenters. The average molecular weight is 351 g/mol. The molecule has 0 fully saturated rings. The molecule has 0 radical (unpaired) electrons. The first-order valence-electron chi connectivity index (χ1n) is 8.20. The average Bonchev–Trinajstić information content (AvgIpc) is 2.59. The van der Waals surface area contributed by atoms with Crippen LogP contribution in [0.2, 0.25) is 0 Å². The molecule has 0 saturated carbocycles. The van der Waals surface area contributed by atoms with Crippen molar-refractivity contribution >= 4 is 17.1 Å². The lowest BCUT2D eigenvalue weighted by atomic mass is 10.1. The van der Waals surface area contributed by atoms with E-state index < -0.39 is 0 Å². The fourth-order valence-corrected chi connectivity index (χ4v) is 2.74. The number of anilines is 3. The fraction of sp³-hybridized carbons (Fsp3) is 0.143. The zero-order valence-electron chi connectivity index (χ0n) is 14.9. The molecule has 0 spiro atoms. The van der Waals surface area contributed by atoms with Crippen molar-refractivity contribution in [2.45, 2.75) is 20.8 Å². The summed E-state index contributed by atoms with van der Waals surface area (Å²) in [7, 11) is 0. The van der Waals surface area contributed by atoms with Crippen molar-refractivity contribution in [1.29, 1.82) is 0 Å². The van der Waals surface area contributed by atoms with E-state index in [1.165, 1.54) is 24.3 Å². The van der Waals surface area contributed by atoms with Crippen molar-refractivity contribution in [3.05, 3.63) is 65.2 Å². The molecule has 3 rings (SSSR count). The second-order valence-electron chi connectivity index (χ2n) is 6.39. The Morgan fingerprint density at radius 3 is 1.23 bits per heavy atom. The van der Waals surface area contributed by atoms with E-state index in [-0.39, 0.29) is 23.0 Å². The van der Waals surface area contributed by atoms with Crippen LogP contribution in [-0.4, -0.2) is 20.4 Å². The fourth-order valence-electron chi connectivity index (χ4n) is 2.74. The number of aryl methyl sites for hydroxylation is 1. The zero-order chi connectivity index (χ0) is 19.0. The summed E-state index contributed by atoms with van der Waals surface area (Å²) in [5, 5.41) is 40.5. The van der Waals surface area contributed by atoms with Crippen molar-refractivity contribution < 1.29 is 20.4 Å². The van der Waals surface area contributed by atoms with Crippen molar-refractivity contribution in [1.82, 2.24) is 0 Å². The van der Waals surface area contributed by atoms with Crippen LogP contribution in [0.4, 0.5) is 17.1 Å². The lowest BCUT2D eigenvalue weighted by molar-refractivity contribution is 0.443. The van der Waals surface area contributed by atoms with Gasteiger partial charge in [0.05, 0.1) is 11.4 Å². The quantitative estimate of drug-likeness (QED) is 0.539. The first-order valence-corrected chi connectivity index (χ1v) is 8.20. The van der Waals surface area contributed by atoms with Crippen LogP contribution in [0.3, 0.4) is 0 Å². The standard InChI is InChI=1S/C21H21NO4/c1-12-4-6-15(7-5-12)22(16-8-18(23)13(2)19(24)9-16)17-10-20(25)14(3)21(26)11-17/h4-11,23-26H,1-3H3. The molecule has 5 heteroatoms. The predicted octanol–water partition coefficient (Wildman–Crippen LogP) is 4.90. The van der Waals surface area contributed by atoms with Gasteiger partial charge in [0.2, 0.25) is 0 Å². The van der Waals surface area contributed by atoms with Crippen LogP contribution in [0.25, 0.3) is 0 Å². The van der Waals surface area contributed by atoms with Crippen LogP contribution in [-0.2, 0) is 0 Å². The zero-order valence-corrected chi connectivity index (χ0v) is 14.9. The number of hydrogen-bond acceptors (Lipinski definition) is 5. The van der Waals surface area contributed by atoms with Gasteiger partial charge in [-0.3, -0.25) is 0 Å². The van der Waals surface area contributed by atoms with Crippen LogP contribution >= 0.6 is 0 Å². The number of nitrogens with zero attached hydrogens (tertiary/aromatic N) is 1. The Balaban J connectivity index is 2.25. The molecule has 0 bridgehead atoms. The van der Waals surface area contributed by atoms with Gasteiger partial charge >= 0.3 is 0 Å². The Hall–Kier alpha value is -3.34. The van der Waals surface area contributed by atoms with Gasteiger partial charge in [-0.05, 0) is 32.9 Å². The minimum atomic E-state index is -0.0438. The summed E-state index contributed by atoms with van der Waals surface area (Å²) in [6.45, 7) is 5.21. The minimum absolute atomic E-state index is 0.0438. The normalized spacial score (nSPS) is 10.7. The van der Waals surface area contributed by atoms with Gasteiger partial charge in [-0.25, -0.2) is 0 Å². The first-order chi connectivity index (χ1) is 12.3. The summed E-state index contributed by atoms with van der Waals surface area (Å²) in [5.74, 6) is -0.175. The van der Waals surface area contributed by atoms with Gasteiger partial charge in [-0.2, -0.15) is 0 Å². The monoisotopic (exact) mass is 351 g/mol.